The zero-order chi connectivity index (χ0) is 29.1. The third kappa shape index (κ3) is 4.65. The highest BCUT2D eigenvalue weighted by Crippen LogP contribution is 2.57. The lowest BCUT2D eigenvalue weighted by Gasteiger charge is -2.32. The van der Waals surface area contributed by atoms with Crippen LogP contribution in [0.15, 0.2) is 42.9 Å². The van der Waals surface area contributed by atoms with Gasteiger partial charge in [0.05, 0.1) is 54.3 Å². The highest BCUT2D eigenvalue weighted by molar-refractivity contribution is 5.73. The number of halogens is 3. The summed E-state index contributed by atoms with van der Waals surface area (Å²) in [5.74, 6) is -3.95. The molecule has 13 heteroatoms. The molecule has 4 aromatic heterocycles. The van der Waals surface area contributed by atoms with Crippen molar-refractivity contribution in [1.29, 1.82) is 0 Å². The fraction of sp³-hybridized carbons (Fsp3) is 0.448. The number of anilines is 2. The number of nitrogens with zero attached hydrogens (tertiary/aromatic N) is 6. The molecular weight excluding hydrogens is 551 g/mol. The van der Waals surface area contributed by atoms with Crippen LogP contribution in [0.1, 0.15) is 24.5 Å². The van der Waals surface area contributed by atoms with Crippen LogP contribution in [0.4, 0.5) is 24.7 Å². The summed E-state index contributed by atoms with van der Waals surface area (Å²) in [6.07, 6.45) is 7.37. The number of carbonyl (C=O) groups excluding carboxylic acids is 1. The Bertz CT molecular complexity index is 1640. The fourth-order valence-corrected chi connectivity index (χ4v) is 5.76. The molecule has 1 saturated carbocycles. The molecule has 1 unspecified atom stereocenters. The fourth-order valence-electron chi connectivity index (χ4n) is 5.76. The molecule has 10 nitrogen and oxygen atoms in total. The van der Waals surface area contributed by atoms with E-state index in [9.17, 15) is 13.6 Å². The van der Waals surface area contributed by atoms with Gasteiger partial charge >= 0.3 is 0 Å². The number of aldehydes is 1. The average molecular weight is 582 g/mol. The van der Waals surface area contributed by atoms with Crippen LogP contribution in [0, 0.1) is 17.2 Å². The maximum Gasteiger partial charge on any atom is 0.279 e. The van der Waals surface area contributed by atoms with Crippen LogP contribution in [0.3, 0.4) is 0 Å². The molecule has 0 bridgehead atoms. The molecule has 42 heavy (non-hydrogen) atoms. The van der Waals surface area contributed by atoms with E-state index in [0.29, 0.717) is 30.0 Å². The molecule has 4 aromatic rings. The van der Waals surface area contributed by atoms with Crippen LogP contribution in [-0.2, 0) is 16.6 Å². The minimum Gasteiger partial charge on any atom is -0.489 e. The molecular formula is C29H30F3N7O3. The molecule has 0 aromatic carbocycles. The molecule has 0 amide bonds. The summed E-state index contributed by atoms with van der Waals surface area (Å²) in [7, 11) is 1.63. The van der Waals surface area contributed by atoms with Crippen molar-refractivity contribution in [2.45, 2.75) is 24.7 Å². The van der Waals surface area contributed by atoms with E-state index in [4.69, 9.17) is 9.47 Å². The number of aryl methyl sites for hydroxylation is 1. The summed E-state index contributed by atoms with van der Waals surface area (Å²) in [4.78, 5) is 19.0. The van der Waals surface area contributed by atoms with Crippen molar-refractivity contribution >= 4 is 23.3 Å². The van der Waals surface area contributed by atoms with Crippen LogP contribution in [0.5, 0.6) is 5.75 Å². The van der Waals surface area contributed by atoms with Gasteiger partial charge in [0, 0.05) is 49.9 Å². The molecule has 3 atom stereocenters. The summed E-state index contributed by atoms with van der Waals surface area (Å²) in [6, 6.07) is 7.42. The van der Waals surface area contributed by atoms with Crippen LogP contribution in [0.2, 0.25) is 0 Å². The van der Waals surface area contributed by atoms with E-state index in [1.54, 1.807) is 19.2 Å². The van der Waals surface area contributed by atoms with Crippen LogP contribution in [-0.4, -0.2) is 76.0 Å². The van der Waals surface area contributed by atoms with Gasteiger partial charge in [0.1, 0.15) is 24.4 Å². The van der Waals surface area contributed by atoms with E-state index in [-0.39, 0.29) is 30.4 Å². The number of rotatable bonds is 10. The first-order valence-corrected chi connectivity index (χ1v) is 14.0. The molecule has 1 aliphatic carbocycles. The number of alkyl halides is 2. The van der Waals surface area contributed by atoms with Crippen molar-refractivity contribution in [2.24, 2.45) is 18.4 Å². The van der Waals surface area contributed by atoms with Crippen molar-refractivity contribution in [3.8, 4) is 17.0 Å². The molecule has 1 N–H and O–H groups in total. The number of aromatic nitrogens is 5. The van der Waals surface area contributed by atoms with E-state index in [1.807, 2.05) is 12.3 Å². The summed E-state index contributed by atoms with van der Waals surface area (Å²) < 4.78 is 56.7. The Morgan fingerprint density at radius 1 is 1.24 bits per heavy atom. The van der Waals surface area contributed by atoms with E-state index in [1.165, 1.54) is 28.0 Å². The smallest absolute Gasteiger partial charge is 0.279 e. The van der Waals surface area contributed by atoms with Crippen molar-refractivity contribution in [3.05, 3.63) is 54.4 Å². The lowest BCUT2D eigenvalue weighted by atomic mass is 10.0. The SMILES string of the molecule is Cn1ncc(OC[C@H]2COCC2(F)F)c1-c1cc2cc(NCC3(C=O)C[C@H]3c3ccc(N4CCC4)cn3)nn2cc1F. The van der Waals surface area contributed by atoms with Gasteiger partial charge in [-0.15, -0.1) is 0 Å². The molecule has 2 aliphatic heterocycles. The quantitative estimate of drug-likeness (QED) is 0.282. The number of nitrogens with one attached hydrogen (secondary N) is 1. The number of ether oxygens (including phenoxy) is 2. The average Bonchev–Trinajstić information content (AvgIpc) is 3.12. The molecule has 0 radical (unpaired) electrons. The molecule has 6 heterocycles. The molecule has 0 spiro atoms. The second-order valence-electron chi connectivity index (χ2n) is 11.4. The van der Waals surface area contributed by atoms with E-state index >= 15 is 4.39 Å². The molecule has 3 fully saturated rings. The Balaban J connectivity index is 1.06. The normalized spacial score (nSPS) is 24.5. The lowest BCUT2D eigenvalue weighted by molar-refractivity contribution is -0.111. The maximum atomic E-state index is 15.3. The predicted octanol–water partition coefficient (Wildman–Crippen LogP) is 3.92. The Kier molecular flexibility index (Phi) is 6.37. The van der Waals surface area contributed by atoms with Crippen LogP contribution in [0.25, 0.3) is 16.8 Å². The monoisotopic (exact) mass is 581 g/mol. The third-order valence-corrected chi connectivity index (χ3v) is 8.66. The van der Waals surface area contributed by atoms with Crippen molar-refractivity contribution in [1.82, 2.24) is 24.4 Å². The van der Waals surface area contributed by atoms with Gasteiger partial charge in [-0.2, -0.15) is 10.2 Å². The van der Waals surface area contributed by atoms with Gasteiger partial charge in [0.25, 0.3) is 5.92 Å². The van der Waals surface area contributed by atoms with E-state index < -0.39 is 29.7 Å². The molecule has 2 saturated heterocycles. The number of hydrogen-bond acceptors (Lipinski definition) is 8. The van der Waals surface area contributed by atoms with Crippen LogP contribution < -0.4 is 15.0 Å². The van der Waals surface area contributed by atoms with Gasteiger partial charge in [-0.3, -0.25) is 9.67 Å². The summed E-state index contributed by atoms with van der Waals surface area (Å²) >= 11 is 0. The summed E-state index contributed by atoms with van der Waals surface area (Å²) in [5, 5.41) is 11.8. The number of carbonyl (C=O) groups is 1. The first-order chi connectivity index (χ1) is 20.3. The molecule has 3 aliphatic rings. The second kappa shape index (κ2) is 10.0. The molecule has 7 rings (SSSR count). The highest BCUT2D eigenvalue weighted by Gasteiger charge is 2.55. The van der Waals surface area contributed by atoms with Crippen molar-refractivity contribution in [2.75, 3.05) is 49.7 Å². The first kappa shape index (κ1) is 26.7. The zero-order valence-electron chi connectivity index (χ0n) is 23.0. The Labute approximate surface area is 239 Å². The summed E-state index contributed by atoms with van der Waals surface area (Å²) in [5.41, 5.74) is 2.52. The largest absolute Gasteiger partial charge is 0.489 e. The van der Waals surface area contributed by atoms with Crippen molar-refractivity contribution in [3.63, 3.8) is 0 Å². The Morgan fingerprint density at radius 2 is 2.10 bits per heavy atom. The standard InChI is InChI=1S/C29H30F3N7O3/c1-37-27(25(11-35-37)42-14-18-13-41-17-29(18,31)32)21-7-20-8-26(36-39(20)12-23(21)30)34-15-28(16-40)9-22(28)24-4-3-19(10-33-24)38-5-2-6-38/h3-4,7-8,10-12,16,18,22H,2,5-6,9,13-15,17H2,1H3,(H,34,36)/t18-,22+,28?/m1/s1. The minimum absolute atomic E-state index is 0.0213. The highest BCUT2D eigenvalue weighted by atomic mass is 19.3. The van der Waals surface area contributed by atoms with Gasteiger partial charge in [-0.1, -0.05) is 0 Å². The van der Waals surface area contributed by atoms with Gasteiger partial charge in [-0.25, -0.2) is 17.7 Å². The number of hydrogen-bond donors (Lipinski definition) is 1. The number of fused-ring (bicyclic) bond motifs is 1. The minimum atomic E-state index is -2.98. The van der Waals surface area contributed by atoms with Gasteiger partial charge in [-0.05, 0) is 31.0 Å². The van der Waals surface area contributed by atoms with Gasteiger partial charge in [0.15, 0.2) is 11.6 Å². The van der Waals surface area contributed by atoms with Gasteiger partial charge in [0.2, 0.25) is 0 Å². The van der Waals surface area contributed by atoms with Gasteiger partial charge < -0.3 is 24.5 Å². The van der Waals surface area contributed by atoms with E-state index in [0.717, 1.165) is 30.8 Å². The van der Waals surface area contributed by atoms with Crippen LogP contribution >= 0.6 is 0 Å². The lowest BCUT2D eigenvalue weighted by Crippen LogP contribution is -2.37. The predicted molar refractivity (Wildman–Crippen MR) is 148 cm³/mol. The van der Waals surface area contributed by atoms with Crippen molar-refractivity contribution < 1.29 is 27.4 Å². The topological polar surface area (TPSA) is 98.8 Å². The third-order valence-electron chi connectivity index (χ3n) is 8.66. The maximum absolute atomic E-state index is 15.3. The second-order valence-corrected chi connectivity index (χ2v) is 11.4. The molecule has 220 valence electrons. The zero-order valence-corrected chi connectivity index (χ0v) is 23.0. The number of pyridine rings is 2. The van der Waals surface area contributed by atoms with E-state index in [2.05, 4.69) is 31.5 Å². The Morgan fingerprint density at radius 3 is 2.79 bits per heavy atom. The first-order valence-electron chi connectivity index (χ1n) is 14.0. The summed E-state index contributed by atoms with van der Waals surface area (Å²) in [6.45, 7) is 1.43. The Hall–Kier alpha value is -4.13.